The first-order valence-corrected chi connectivity index (χ1v) is 7.45. The molecule has 0 aromatic heterocycles. The molecule has 2 aromatic carbocycles. The fourth-order valence-corrected chi connectivity index (χ4v) is 1.97. The Morgan fingerprint density at radius 1 is 1.17 bits per heavy atom. The van der Waals surface area contributed by atoms with E-state index < -0.39 is 0 Å². The van der Waals surface area contributed by atoms with Crippen LogP contribution < -0.4 is 10.7 Å². The van der Waals surface area contributed by atoms with Crippen molar-refractivity contribution in [3.63, 3.8) is 0 Å². The average molecular weight is 330 g/mol. The van der Waals surface area contributed by atoms with Crippen LogP contribution in [0, 0.1) is 0 Å². The Balaban J connectivity index is 1.94. The molecule has 2 amide bonds. The lowest BCUT2D eigenvalue weighted by Crippen LogP contribution is -2.17. The predicted octanol–water partition coefficient (Wildman–Crippen LogP) is 3.45. The van der Waals surface area contributed by atoms with E-state index in [1.54, 1.807) is 49.4 Å². The second kappa shape index (κ2) is 8.10. The smallest absolute Gasteiger partial charge is 0.271 e. The van der Waals surface area contributed by atoms with Gasteiger partial charge in [0.25, 0.3) is 5.91 Å². The predicted molar refractivity (Wildman–Crippen MR) is 91.9 cm³/mol. The number of rotatable bonds is 5. The maximum Gasteiger partial charge on any atom is 0.271 e. The third kappa shape index (κ3) is 5.23. The van der Waals surface area contributed by atoms with E-state index >= 15 is 0 Å². The zero-order valence-electron chi connectivity index (χ0n) is 12.5. The van der Waals surface area contributed by atoms with E-state index in [-0.39, 0.29) is 11.8 Å². The van der Waals surface area contributed by atoms with Gasteiger partial charge in [-0.3, -0.25) is 9.59 Å². The summed E-state index contributed by atoms with van der Waals surface area (Å²) < 4.78 is 0. The van der Waals surface area contributed by atoms with Gasteiger partial charge in [0.05, 0.1) is 6.21 Å². The van der Waals surface area contributed by atoms with E-state index in [1.165, 1.54) is 6.21 Å². The minimum absolute atomic E-state index is 0.0756. The van der Waals surface area contributed by atoms with Crippen molar-refractivity contribution in [1.29, 1.82) is 0 Å². The van der Waals surface area contributed by atoms with Gasteiger partial charge < -0.3 is 5.32 Å². The number of hydrazone groups is 1. The third-order valence-corrected chi connectivity index (χ3v) is 3.22. The Morgan fingerprint density at radius 3 is 2.57 bits per heavy atom. The fraction of sp³-hybridized carbons (Fsp3) is 0.118. The van der Waals surface area contributed by atoms with E-state index in [4.69, 9.17) is 11.6 Å². The molecule has 6 heteroatoms. The van der Waals surface area contributed by atoms with Crippen LogP contribution in [0.15, 0.2) is 53.6 Å². The van der Waals surface area contributed by atoms with Crippen molar-refractivity contribution < 1.29 is 9.59 Å². The van der Waals surface area contributed by atoms with Crippen molar-refractivity contribution in [2.24, 2.45) is 5.10 Å². The number of halogens is 1. The summed E-state index contributed by atoms with van der Waals surface area (Å²) in [6.45, 7) is 1.77. The van der Waals surface area contributed by atoms with Crippen LogP contribution in [0.1, 0.15) is 29.3 Å². The lowest BCUT2D eigenvalue weighted by Gasteiger charge is -2.04. The van der Waals surface area contributed by atoms with Gasteiger partial charge in [-0.15, -0.1) is 0 Å². The summed E-state index contributed by atoms with van der Waals surface area (Å²) in [5.74, 6) is -0.412. The average Bonchev–Trinajstić information content (AvgIpc) is 2.55. The molecule has 0 radical (unpaired) electrons. The van der Waals surface area contributed by atoms with E-state index in [9.17, 15) is 9.59 Å². The number of carbonyl (C=O) groups excluding carboxylic acids is 2. The molecule has 0 spiro atoms. The largest absolute Gasteiger partial charge is 0.326 e. The summed E-state index contributed by atoms with van der Waals surface area (Å²) in [5, 5.41) is 7.21. The van der Waals surface area contributed by atoms with Gasteiger partial charge in [0, 0.05) is 22.7 Å². The van der Waals surface area contributed by atoms with Crippen LogP contribution in [0.3, 0.4) is 0 Å². The lowest BCUT2D eigenvalue weighted by atomic mass is 10.2. The quantitative estimate of drug-likeness (QED) is 0.651. The van der Waals surface area contributed by atoms with E-state index in [2.05, 4.69) is 15.8 Å². The molecule has 0 heterocycles. The topological polar surface area (TPSA) is 70.6 Å². The molecular formula is C17H16ClN3O2. The van der Waals surface area contributed by atoms with Crippen LogP contribution in [-0.4, -0.2) is 18.0 Å². The zero-order chi connectivity index (χ0) is 16.7. The Bertz CT molecular complexity index is 727. The van der Waals surface area contributed by atoms with Gasteiger partial charge in [0.1, 0.15) is 0 Å². The second-order valence-electron chi connectivity index (χ2n) is 4.73. The van der Waals surface area contributed by atoms with Crippen molar-refractivity contribution in [1.82, 2.24) is 5.43 Å². The summed E-state index contributed by atoms with van der Waals surface area (Å²) >= 11 is 5.86. The fourth-order valence-electron chi connectivity index (χ4n) is 1.77. The molecule has 0 fully saturated rings. The molecule has 0 unspecified atom stereocenters. The van der Waals surface area contributed by atoms with Crippen LogP contribution >= 0.6 is 11.6 Å². The number of anilines is 1. The Morgan fingerprint density at radius 2 is 1.91 bits per heavy atom. The molecule has 5 nitrogen and oxygen atoms in total. The van der Waals surface area contributed by atoms with E-state index in [0.717, 1.165) is 5.56 Å². The van der Waals surface area contributed by atoms with E-state index in [0.29, 0.717) is 22.7 Å². The highest BCUT2D eigenvalue weighted by Crippen LogP contribution is 2.10. The number of nitrogens with one attached hydrogen (secondary N) is 2. The number of hydrogen-bond donors (Lipinski definition) is 2. The van der Waals surface area contributed by atoms with Crippen molar-refractivity contribution in [3.8, 4) is 0 Å². The molecule has 0 bridgehead atoms. The maximum absolute atomic E-state index is 12.0. The monoisotopic (exact) mass is 329 g/mol. The van der Waals surface area contributed by atoms with Gasteiger partial charge >= 0.3 is 0 Å². The highest BCUT2D eigenvalue weighted by atomic mass is 35.5. The Hall–Kier alpha value is -2.66. The molecule has 0 aliphatic rings. The standard InChI is InChI=1S/C17H16ClN3O2/c1-2-16(22)20-15-8-6-13(7-9-15)17(23)21-19-11-12-4-3-5-14(18)10-12/h3-11H,2H2,1H3,(H,20,22)(H,21,23)/b19-11-. The van der Waals surface area contributed by atoms with Crippen LogP contribution in [0.25, 0.3) is 0 Å². The molecule has 0 aliphatic carbocycles. The third-order valence-electron chi connectivity index (χ3n) is 2.98. The van der Waals surface area contributed by atoms with Gasteiger partial charge in [-0.1, -0.05) is 30.7 Å². The minimum Gasteiger partial charge on any atom is -0.326 e. The highest BCUT2D eigenvalue weighted by molar-refractivity contribution is 6.30. The molecular weight excluding hydrogens is 314 g/mol. The molecule has 0 saturated heterocycles. The first-order valence-electron chi connectivity index (χ1n) is 7.07. The summed E-state index contributed by atoms with van der Waals surface area (Å²) in [6.07, 6.45) is 1.92. The number of hydrogen-bond acceptors (Lipinski definition) is 3. The van der Waals surface area contributed by atoms with Gasteiger partial charge in [0.15, 0.2) is 0 Å². The van der Waals surface area contributed by atoms with Crippen LogP contribution in [0.2, 0.25) is 5.02 Å². The first kappa shape index (κ1) is 16.7. The normalized spacial score (nSPS) is 10.5. The Labute approximate surface area is 139 Å². The molecule has 0 aliphatic heterocycles. The number of amides is 2. The molecule has 0 atom stereocenters. The second-order valence-corrected chi connectivity index (χ2v) is 5.17. The van der Waals surface area contributed by atoms with Crippen LogP contribution in [-0.2, 0) is 4.79 Å². The van der Waals surface area contributed by atoms with Crippen molar-refractivity contribution in [3.05, 3.63) is 64.7 Å². The number of benzene rings is 2. The lowest BCUT2D eigenvalue weighted by molar-refractivity contribution is -0.115. The minimum atomic E-state index is -0.336. The van der Waals surface area contributed by atoms with Gasteiger partial charge in [-0.25, -0.2) is 5.43 Å². The van der Waals surface area contributed by atoms with Crippen molar-refractivity contribution in [2.75, 3.05) is 5.32 Å². The van der Waals surface area contributed by atoms with Gasteiger partial charge in [-0.05, 0) is 42.0 Å². The number of carbonyl (C=O) groups is 2. The van der Waals surface area contributed by atoms with Gasteiger partial charge in [0.2, 0.25) is 5.91 Å². The van der Waals surface area contributed by atoms with Crippen LogP contribution in [0.4, 0.5) is 5.69 Å². The molecule has 23 heavy (non-hydrogen) atoms. The molecule has 118 valence electrons. The van der Waals surface area contributed by atoms with Crippen molar-refractivity contribution >= 4 is 35.3 Å². The SMILES string of the molecule is CCC(=O)Nc1ccc(C(=O)N/N=C\c2cccc(Cl)c2)cc1. The summed E-state index contributed by atoms with van der Waals surface area (Å²) in [6, 6.07) is 13.7. The molecule has 2 rings (SSSR count). The molecule has 2 N–H and O–H groups in total. The highest BCUT2D eigenvalue weighted by Gasteiger charge is 2.05. The summed E-state index contributed by atoms with van der Waals surface area (Å²) in [5.41, 5.74) is 4.32. The molecule has 0 saturated carbocycles. The van der Waals surface area contributed by atoms with Crippen LogP contribution in [0.5, 0.6) is 0 Å². The van der Waals surface area contributed by atoms with Crippen molar-refractivity contribution in [2.45, 2.75) is 13.3 Å². The molecule has 2 aromatic rings. The number of nitrogens with zero attached hydrogens (tertiary/aromatic N) is 1. The van der Waals surface area contributed by atoms with E-state index in [1.807, 2.05) is 6.07 Å². The zero-order valence-corrected chi connectivity index (χ0v) is 13.3. The summed E-state index contributed by atoms with van der Waals surface area (Å²) in [4.78, 5) is 23.2. The van der Waals surface area contributed by atoms with Gasteiger partial charge in [-0.2, -0.15) is 5.10 Å². The maximum atomic E-state index is 12.0. The first-order chi connectivity index (χ1) is 11.1. The Kier molecular flexibility index (Phi) is 5.88. The summed E-state index contributed by atoms with van der Waals surface area (Å²) in [7, 11) is 0.